The molecule has 2 amide bonds. The van der Waals surface area contributed by atoms with E-state index < -0.39 is 0 Å². The zero-order chi connectivity index (χ0) is 16.0. The van der Waals surface area contributed by atoms with Crippen LogP contribution in [0.2, 0.25) is 0 Å². The van der Waals surface area contributed by atoms with E-state index in [-0.39, 0.29) is 17.2 Å². The highest BCUT2D eigenvalue weighted by molar-refractivity contribution is 7.08. The van der Waals surface area contributed by atoms with E-state index in [1.807, 2.05) is 26.6 Å². The van der Waals surface area contributed by atoms with Gasteiger partial charge in [0.1, 0.15) is 0 Å². The standard InChI is InChI=1S/C18H24N2O2S/c1-13-10-14(11-13)16(21)19-6-3-18(4-7-19)5-8-20(17(18)22)15-2-9-23-12-15/h2,9,12-14H,3-8,10-11H2,1H3. The van der Waals surface area contributed by atoms with Crippen molar-refractivity contribution in [2.24, 2.45) is 17.3 Å². The number of hydrogen-bond acceptors (Lipinski definition) is 3. The fourth-order valence-electron chi connectivity index (χ4n) is 4.46. The first-order valence-corrected chi connectivity index (χ1v) is 9.66. The predicted molar refractivity (Wildman–Crippen MR) is 91.4 cm³/mol. The number of hydrogen-bond donors (Lipinski definition) is 0. The van der Waals surface area contributed by atoms with Crippen LogP contribution in [0.1, 0.15) is 39.0 Å². The van der Waals surface area contributed by atoms with Gasteiger partial charge in [0.15, 0.2) is 0 Å². The molecular formula is C18H24N2O2S. The maximum absolute atomic E-state index is 12.9. The number of carbonyl (C=O) groups excluding carboxylic acids is 2. The number of rotatable bonds is 2. The Hall–Kier alpha value is -1.36. The maximum Gasteiger partial charge on any atom is 0.233 e. The molecule has 23 heavy (non-hydrogen) atoms. The van der Waals surface area contributed by atoms with Crippen LogP contribution in [-0.4, -0.2) is 36.3 Å². The van der Waals surface area contributed by atoms with E-state index in [9.17, 15) is 9.59 Å². The van der Waals surface area contributed by atoms with Gasteiger partial charge in [-0.2, -0.15) is 11.3 Å². The van der Waals surface area contributed by atoms with Crippen molar-refractivity contribution >= 4 is 28.8 Å². The van der Waals surface area contributed by atoms with Crippen molar-refractivity contribution in [2.75, 3.05) is 24.5 Å². The normalized spacial score (nSPS) is 29.9. The summed E-state index contributed by atoms with van der Waals surface area (Å²) in [6.45, 7) is 4.55. The molecule has 0 atom stereocenters. The van der Waals surface area contributed by atoms with Crippen LogP contribution < -0.4 is 4.90 Å². The molecule has 3 aliphatic rings. The molecule has 4 nitrogen and oxygen atoms in total. The lowest BCUT2D eigenvalue weighted by atomic mass is 9.73. The quantitative estimate of drug-likeness (QED) is 0.835. The average molecular weight is 332 g/mol. The lowest BCUT2D eigenvalue weighted by Crippen LogP contribution is -2.49. The highest BCUT2D eigenvalue weighted by Gasteiger charge is 2.49. The molecule has 0 aromatic carbocycles. The van der Waals surface area contributed by atoms with Gasteiger partial charge in [0, 0.05) is 30.9 Å². The molecular weight excluding hydrogens is 308 g/mol. The van der Waals surface area contributed by atoms with Crippen molar-refractivity contribution in [2.45, 2.75) is 39.0 Å². The Morgan fingerprint density at radius 3 is 2.52 bits per heavy atom. The SMILES string of the molecule is CC1CC(C(=O)N2CCC3(CC2)CCN(c2ccsc2)C3=O)C1. The Bertz CT molecular complexity index is 599. The zero-order valence-corrected chi connectivity index (χ0v) is 14.5. The highest BCUT2D eigenvalue weighted by atomic mass is 32.1. The summed E-state index contributed by atoms with van der Waals surface area (Å²) < 4.78 is 0. The van der Waals surface area contributed by atoms with E-state index in [1.165, 1.54) is 0 Å². The first-order valence-electron chi connectivity index (χ1n) is 8.72. The Morgan fingerprint density at radius 1 is 1.22 bits per heavy atom. The minimum absolute atomic E-state index is 0.217. The summed E-state index contributed by atoms with van der Waals surface area (Å²) >= 11 is 1.63. The van der Waals surface area contributed by atoms with Gasteiger partial charge in [0.05, 0.1) is 11.1 Å². The smallest absolute Gasteiger partial charge is 0.233 e. The molecule has 4 rings (SSSR count). The van der Waals surface area contributed by atoms with Gasteiger partial charge >= 0.3 is 0 Å². The fraction of sp³-hybridized carbons (Fsp3) is 0.667. The van der Waals surface area contributed by atoms with Gasteiger partial charge in [-0.15, -0.1) is 0 Å². The van der Waals surface area contributed by atoms with Crippen molar-refractivity contribution in [3.8, 4) is 0 Å². The minimum atomic E-state index is -0.217. The molecule has 1 aromatic rings. The molecule has 1 aromatic heterocycles. The summed E-state index contributed by atoms with van der Waals surface area (Å²) in [4.78, 5) is 29.4. The second-order valence-corrected chi connectivity index (χ2v) is 8.35. The summed E-state index contributed by atoms with van der Waals surface area (Å²) in [6.07, 6.45) is 4.70. The van der Waals surface area contributed by atoms with Gasteiger partial charge in [-0.25, -0.2) is 0 Å². The number of carbonyl (C=O) groups is 2. The summed E-state index contributed by atoms with van der Waals surface area (Å²) in [7, 11) is 0. The van der Waals surface area contributed by atoms with Crippen LogP contribution in [0.25, 0.3) is 0 Å². The van der Waals surface area contributed by atoms with Crippen LogP contribution >= 0.6 is 11.3 Å². The fourth-order valence-corrected chi connectivity index (χ4v) is 5.10. The molecule has 0 unspecified atom stereocenters. The van der Waals surface area contributed by atoms with Gasteiger partial charge in [-0.1, -0.05) is 6.92 Å². The lowest BCUT2D eigenvalue weighted by molar-refractivity contribution is -0.144. The van der Waals surface area contributed by atoms with E-state index >= 15 is 0 Å². The molecule has 0 bridgehead atoms. The average Bonchev–Trinajstić information content (AvgIpc) is 3.15. The molecule has 0 N–H and O–H groups in total. The third-order valence-corrected chi connectivity index (χ3v) is 6.76. The van der Waals surface area contributed by atoms with Crippen molar-refractivity contribution in [1.82, 2.24) is 4.90 Å². The number of anilines is 1. The Labute approximate surface area is 141 Å². The molecule has 2 aliphatic heterocycles. The van der Waals surface area contributed by atoms with Crippen LogP contribution in [0.4, 0.5) is 5.69 Å². The molecule has 5 heteroatoms. The van der Waals surface area contributed by atoms with E-state index in [2.05, 4.69) is 6.92 Å². The van der Waals surface area contributed by atoms with Crippen LogP contribution in [0.5, 0.6) is 0 Å². The minimum Gasteiger partial charge on any atom is -0.342 e. The number of amides is 2. The predicted octanol–water partition coefficient (Wildman–Crippen LogP) is 3.14. The summed E-state index contributed by atoms with van der Waals surface area (Å²) in [6, 6.07) is 2.03. The van der Waals surface area contributed by atoms with E-state index in [0.29, 0.717) is 11.8 Å². The summed E-state index contributed by atoms with van der Waals surface area (Å²) in [5.74, 6) is 1.56. The van der Waals surface area contributed by atoms with E-state index in [4.69, 9.17) is 0 Å². The van der Waals surface area contributed by atoms with Gasteiger partial charge in [0.25, 0.3) is 0 Å². The van der Waals surface area contributed by atoms with Gasteiger partial charge in [0.2, 0.25) is 11.8 Å². The molecule has 0 radical (unpaired) electrons. The van der Waals surface area contributed by atoms with Crippen molar-refractivity contribution in [3.05, 3.63) is 16.8 Å². The molecule has 1 spiro atoms. The first-order chi connectivity index (χ1) is 11.1. The molecule has 3 fully saturated rings. The second kappa shape index (κ2) is 5.62. The largest absolute Gasteiger partial charge is 0.342 e. The maximum atomic E-state index is 12.9. The van der Waals surface area contributed by atoms with Gasteiger partial charge in [-0.3, -0.25) is 9.59 Å². The topological polar surface area (TPSA) is 40.6 Å². The summed E-state index contributed by atoms with van der Waals surface area (Å²) in [5, 5.41) is 4.07. The van der Waals surface area contributed by atoms with Crippen LogP contribution in [0.15, 0.2) is 16.8 Å². The van der Waals surface area contributed by atoms with Crippen LogP contribution in [0, 0.1) is 17.3 Å². The van der Waals surface area contributed by atoms with Gasteiger partial charge < -0.3 is 9.80 Å². The number of thiophene rings is 1. The van der Waals surface area contributed by atoms with E-state index in [1.54, 1.807) is 11.3 Å². The zero-order valence-electron chi connectivity index (χ0n) is 13.7. The Morgan fingerprint density at radius 2 is 1.91 bits per heavy atom. The number of piperidine rings is 1. The Kier molecular flexibility index (Phi) is 3.71. The summed E-state index contributed by atoms with van der Waals surface area (Å²) in [5.41, 5.74) is 0.824. The molecule has 1 aliphatic carbocycles. The third kappa shape index (κ3) is 2.49. The highest BCUT2D eigenvalue weighted by Crippen LogP contribution is 2.44. The second-order valence-electron chi connectivity index (χ2n) is 7.57. The first kappa shape index (κ1) is 15.2. The molecule has 124 valence electrons. The van der Waals surface area contributed by atoms with Crippen LogP contribution in [-0.2, 0) is 9.59 Å². The number of nitrogens with zero attached hydrogens (tertiary/aromatic N) is 2. The molecule has 3 heterocycles. The third-order valence-electron chi connectivity index (χ3n) is 6.09. The van der Waals surface area contributed by atoms with Crippen molar-refractivity contribution < 1.29 is 9.59 Å². The van der Waals surface area contributed by atoms with E-state index in [0.717, 1.165) is 57.4 Å². The lowest BCUT2D eigenvalue weighted by Gasteiger charge is -2.41. The Balaban J connectivity index is 1.39. The monoisotopic (exact) mass is 332 g/mol. The van der Waals surface area contributed by atoms with Gasteiger partial charge in [-0.05, 0) is 49.5 Å². The molecule has 1 saturated carbocycles. The van der Waals surface area contributed by atoms with Crippen LogP contribution in [0.3, 0.4) is 0 Å². The van der Waals surface area contributed by atoms with Crippen molar-refractivity contribution in [3.63, 3.8) is 0 Å². The number of likely N-dealkylation sites (tertiary alicyclic amines) is 1. The van der Waals surface area contributed by atoms with Crippen molar-refractivity contribution in [1.29, 1.82) is 0 Å². The molecule has 2 saturated heterocycles.